The molecule has 57 heavy (non-hydrogen) atoms. The van der Waals surface area contributed by atoms with Crippen LogP contribution in [-0.2, 0) is 23.8 Å². The van der Waals surface area contributed by atoms with E-state index in [0.29, 0.717) is 19.6 Å². The summed E-state index contributed by atoms with van der Waals surface area (Å²) in [5.41, 5.74) is 0. The van der Waals surface area contributed by atoms with Crippen LogP contribution in [0, 0.1) is 11.8 Å². The molecule has 0 aromatic rings. The van der Waals surface area contributed by atoms with Crippen LogP contribution in [-0.4, -0.2) is 37.4 Å². The maximum absolute atomic E-state index is 13.1. The Morgan fingerprint density at radius 2 is 0.632 bits per heavy atom. The first-order valence-corrected chi connectivity index (χ1v) is 26.2. The Morgan fingerprint density at radius 3 is 0.930 bits per heavy atom. The molecule has 5 heteroatoms. The third-order valence-electron chi connectivity index (χ3n) is 13.2. The summed E-state index contributed by atoms with van der Waals surface area (Å²) in [5.74, 6) is -1.37. The van der Waals surface area contributed by atoms with Gasteiger partial charge in [0.1, 0.15) is 0 Å². The lowest BCUT2D eigenvalue weighted by Crippen LogP contribution is -2.39. The van der Waals surface area contributed by atoms with Gasteiger partial charge in [-0.1, -0.05) is 258 Å². The predicted octanol–water partition coefficient (Wildman–Crippen LogP) is 16.5. The van der Waals surface area contributed by atoms with Crippen molar-refractivity contribution >= 4 is 11.9 Å². The first-order valence-electron chi connectivity index (χ1n) is 26.2. The summed E-state index contributed by atoms with van der Waals surface area (Å²) >= 11 is 0. The molecule has 1 aliphatic carbocycles. The SMILES string of the molecule is CCCCCCCCCCCCCCCCCCCCCCOC(=O)C1CCC2OC2C1C(=O)OCCCCCCCCCCCCCCCCCCCCCC. The lowest BCUT2D eigenvalue weighted by Gasteiger charge is -2.25. The number of esters is 2. The molecule has 4 unspecified atom stereocenters. The van der Waals surface area contributed by atoms with Crippen LogP contribution < -0.4 is 0 Å². The number of carbonyl (C=O) groups excluding carboxylic acids is 2. The molecule has 2 rings (SSSR count). The molecule has 0 spiro atoms. The maximum atomic E-state index is 13.1. The highest BCUT2D eigenvalue weighted by Gasteiger charge is 2.57. The van der Waals surface area contributed by atoms with Crippen molar-refractivity contribution in [3.8, 4) is 0 Å². The van der Waals surface area contributed by atoms with E-state index in [0.717, 1.165) is 32.1 Å². The third-order valence-corrected chi connectivity index (χ3v) is 13.2. The van der Waals surface area contributed by atoms with Crippen molar-refractivity contribution in [3.05, 3.63) is 0 Å². The zero-order valence-electron chi connectivity index (χ0n) is 38.5. The van der Waals surface area contributed by atoms with Crippen LogP contribution >= 0.6 is 0 Å². The van der Waals surface area contributed by atoms with Gasteiger partial charge in [-0.3, -0.25) is 9.59 Å². The third kappa shape index (κ3) is 29.7. The molecule has 1 aliphatic heterocycles. The van der Waals surface area contributed by atoms with Crippen LogP contribution in [0.25, 0.3) is 0 Å². The molecule has 0 aromatic heterocycles. The minimum Gasteiger partial charge on any atom is -0.465 e. The highest BCUT2D eigenvalue weighted by molar-refractivity contribution is 5.83. The van der Waals surface area contributed by atoms with E-state index in [2.05, 4.69) is 13.8 Å². The maximum Gasteiger partial charge on any atom is 0.312 e. The fourth-order valence-electron chi connectivity index (χ4n) is 9.28. The highest BCUT2D eigenvalue weighted by Crippen LogP contribution is 2.45. The fraction of sp³-hybridized carbons (Fsp3) is 0.962. The van der Waals surface area contributed by atoms with Crippen molar-refractivity contribution in [2.45, 2.75) is 296 Å². The second-order valence-corrected chi connectivity index (χ2v) is 18.6. The number of rotatable bonds is 44. The van der Waals surface area contributed by atoms with E-state index in [1.165, 1.54) is 231 Å². The Bertz CT molecular complexity index is 890. The molecule has 0 amide bonds. The number of fused-ring (bicyclic) bond motifs is 1. The minimum absolute atomic E-state index is 0.121. The van der Waals surface area contributed by atoms with Gasteiger partial charge in [0, 0.05) is 0 Å². The molecule has 1 heterocycles. The van der Waals surface area contributed by atoms with Gasteiger partial charge in [0.2, 0.25) is 0 Å². The molecule has 5 nitrogen and oxygen atoms in total. The Hall–Kier alpha value is -1.10. The summed E-state index contributed by atoms with van der Waals surface area (Å²) in [4.78, 5) is 26.2. The molecule has 1 saturated carbocycles. The lowest BCUT2D eigenvalue weighted by molar-refractivity contribution is -0.162. The summed E-state index contributed by atoms with van der Waals surface area (Å²) in [6, 6.07) is 0. The quantitative estimate of drug-likeness (QED) is 0.0349. The molecule has 0 bridgehead atoms. The van der Waals surface area contributed by atoms with E-state index in [-0.39, 0.29) is 24.1 Å². The summed E-state index contributed by atoms with van der Waals surface area (Å²) in [6.45, 7) is 5.50. The Balaban J connectivity index is 1.34. The molecule has 0 aromatic carbocycles. The summed E-state index contributed by atoms with van der Waals surface area (Å²) in [6.07, 6.45) is 55.7. The fourth-order valence-corrected chi connectivity index (χ4v) is 9.28. The van der Waals surface area contributed by atoms with Gasteiger partial charge in [-0.15, -0.1) is 0 Å². The van der Waals surface area contributed by atoms with Crippen molar-refractivity contribution in [1.82, 2.24) is 0 Å². The normalized spacial score (nSPS) is 18.8. The molecule has 0 N–H and O–H groups in total. The second-order valence-electron chi connectivity index (χ2n) is 18.6. The van der Waals surface area contributed by atoms with Crippen LogP contribution in [0.2, 0.25) is 0 Å². The molecule has 4 atom stereocenters. The van der Waals surface area contributed by atoms with Gasteiger partial charge >= 0.3 is 11.9 Å². The Labute approximate surface area is 355 Å². The van der Waals surface area contributed by atoms with Crippen LogP contribution in [0.3, 0.4) is 0 Å². The van der Waals surface area contributed by atoms with Gasteiger partial charge in [0.05, 0.1) is 37.3 Å². The number of hydrogen-bond donors (Lipinski definition) is 0. The number of epoxide rings is 1. The predicted molar refractivity (Wildman–Crippen MR) is 243 cm³/mol. The van der Waals surface area contributed by atoms with E-state index in [1.807, 2.05) is 0 Å². The van der Waals surface area contributed by atoms with Crippen molar-refractivity contribution in [1.29, 1.82) is 0 Å². The molecule has 2 fully saturated rings. The molecule has 1 saturated heterocycles. The minimum atomic E-state index is -0.490. The largest absolute Gasteiger partial charge is 0.465 e. The topological polar surface area (TPSA) is 65.1 Å². The number of carbonyl (C=O) groups is 2. The van der Waals surface area contributed by atoms with Gasteiger partial charge < -0.3 is 14.2 Å². The van der Waals surface area contributed by atoms with E-state index in [9.17, 15) is 9.59 Å². The smallest absolute Gasteiger partial charge is 0.312 e. The van der Waals surface area contributed by atoms with Crippen LogP contribution in [0.15, 0.2) is 0 Å². The number of unbranched alkanes of at least 4 members (excludes halogenated alkanes) is 38. The van der Waals surface area contributed by atoms with Gasteiger partial charge in [0.15, 0.2) is 0 Å². The molecular weight excluding hydrogens is 705 g/mol. The Morgan fingerprint density at radius 1 is 0.368 bits per heavy atom. The highest BCUT2D eigenvalue weighted by atomic mass is 16.6. The molecule has 336 valence electrons. The molecule has 0 radical (unpaired) electrons. The second kappa shape index (κ2) is 39.1. The van der Waals surface area contributed by atoms with Crippen molar-refractivity contribution in [2.75, 3.05) is 13.2 Å². The first-order chi connectivity index (χ1) is 28.2. The lowest BCUT2D eigenvalue weighted by atomic mass is 9.79. The number of hydrogen-bond acceptors (Lipinski definition) is 5. The zero-order chi connectivity index (χ0) is 40.7. The summed E-state index contributed by atoms with van der Waals surface area (Å²) in [5, 5.41) is 0. The van der Waals surface area contributed by atoms with Crippen molar-refractivity contribution in [2.24, 2.45) is 11.8 Å². The first kappa shape index (κ1) is 52.0. The summed E-state index contributed by atoms with van der Waals surface area (Å²) < 4.78 is 17.2. The van der Waals surface area contributed by atoms with Crippen molar-refractivity contribution < 1.29 is 23.8 Å². The van der Waals surface area contributed by atoms with E-state index in [1.54, 1.807) is 0 Å². The number of ether oxygens (including phenoxy) is 3. The van der Waals surface area contributed by atoms with Crippen LogP contribution in [0.4, 0.5) is 0 Å². The van der Waals surface area contributed by atoms with Crippen molar-refractivity contribution in [3.63, 3.8) is 0 Å². The molecule has 2 aliphatic rings. The molecular formula is C52H98O5. The monoisotopic (exact) mass is 803 g/mol. The summed E-state index contributed by atoms with van der Waals surface area (Å²) in [7, 11) is 0. The zero-order valence-corrected chi connectivity index (χ0v) is 38.5. The Kier molecular flexibility index (Phi) is 35.7. The standard InChI is InChI=1S/C52H98O5/c1-3-5-7-9-11-13-15-17-19-21-23-25-27-29-31-33-35-37-39-41-45-55-51(53)47-43-44-48-50(57-48)49(47)52(54)56-46-42-40-38-36-34-32-30-28-26-24-22-20-18-16-14-12-10-8-6-4-2/h47-50H,3-46H2,1-2H3. The van der Waals surface area contributed by atoms with Gasteiger partial charge in [-0.05, 0) is 25.7 Å². The van der Waals surface area contributed by atoms with Crippen LogP contribution in [0.5, 0.6) is 0 Å². The average Bonchev–Trinajstić information content (AvgIpc) is 4.01. The van der Waals surface area contributed by atoms with Gasteiger partial charge in [-0.25, -0.2) is 0 Å². The van der Waals surface area contributed by atoms with E-state index >= 15 is 0 Å². The van der Waals surface area contributed by atoms with Crippen LogP contribution in [0.1, 0.15) is 284 Å². The van der Waals surface area contributed by atoms with E-state index in [4.69, 9.17) is 14.2 Å². The van der Waals surface area contributed by atoms with Gasteiger partial charge in [-0.2, -0.15) is 0 Å². The van der Waals surface area contributed by atoms with E-state index < -0.39 is 11.8 Å². The van der Waals surface area contributed by atoms with Gasteiger partial charge in [0.25, 0.3) is 0 Å². The average molecular weight is 803 g/mol.